The van der Waals surface area contributed by atoms with Gasteiger partial charge in [0.15, 0.2) is 0 Å². The molecule has 0 spiro atoms. The second-order valence-corrected chi connectivity index (χ2v) is 4.39. The lowest BCUT2D eigenvalue weighted by molar-refractivity contribution is -0.0383. The minimum atomic E-state index is 0.312. The monoisotopic (exact) mass is 254 g/mol. The summed E-state index contributed by atoms with van der Waals surface area (Å²) in [6, 6.07) is 10.5. The molecule has 0 saturated carbocycles. The molecule has 1 saturated heterocycles. The molecule has 0 aromatic heterocycles. The number of alkyl halides is 1. The Morgan fingerprint density at radius 3 is 2.71 bits per heavy atom. The Kier molecular flexibility index (Phi) is 3.60. The van der Waals surface area contributed by atoms with Gasteiger partial charge in [0.05, 0.1) is 12.2 Å². The first kappa shape index (κ1) is 10.2. The molecule has 0 aliphatic carbocycles. The molecule has 2 atom stereocenters. The largest absolute Gasteiger partial charge is 0.369 e. The number of hydrogen-bond donors (Lipinski definition) is 0. The van der Waals surface area contributed by atoms with Gasteiger partial charge in [-0.15, -0.1) is 0 Å². The maximum atomic E-state index is 5.97. The third-order valence-corrected chi connectivity index (χ3v) is 3.41. The summed E-state index contributed by atoms with van der Waals surface area (Å²) in [7, 11) is 0. The van der Waals surface area contributed by atoms with Crippen molar-refractivity contribution in [2.45, 2.75) is 31.5 Å². The number of benzene rings is 1. The van der Waals surface area contributed by atoms with Crippen molar-refractivity contribution in [1.29, 1.82) is 0 Å². The van der Waals surface area contributed by atoms with Crippen molar-refractivity contribution in [3.8, 4) is 0 Å². The van der Waals surface area contributed by atoms with Crippen LogP contribution in [-0.4, -0.2) is 11.4 Å². The van der Waals surface area contributed by atoms with Crippen LogP contribution in [0.25, 0.3) is 0 Å². The van der Waals surface area contributed by atoms with Crippen LogP contribution < -0.4 is 0 Å². The van der Waals surface area contributed by atoms with Crippen molar-refractivity contribution in [1.82, 2.24) is 0 Å². The first-order chi connectivity index (χ1) is 6.90. The van der Waals surface area contributed by atoms with Gasteiger partial charge >= 0.3 is 0 Å². The van der Waals surface area contributed by atoms with Gasteiger partial charge in [0.1, 0.15) is 0 Å². The van der Waals surface area contributed by atoms with Gasteiger partial charge in [0.25, 0.3) is 0 Å². The second kappa shape index (κ2) is 4.94. The van der Waals surface area contributed by atoms with Gasteiger partial charge in [0.2, 0.25) is 0 Å². The van der Waals surface area contributed by atoms with E-state index in [1.165, 1.54) is 18.4 Å². The average molecular weight is 255 g/mol. The number of rotatable bonds is 2. The minimum absolute atomic E-state index is 0.312. The second-order valence-electron chi connectivity index (χ2n) is 3.74. The Morgan fingerprint density at radius 2 is 2.00 bits per heavy atom. The van der Waals surface area contributed by atoms with Crippen molar-refractivity contribution < 1.29 is 4.74 Å². The van der Waals surface area contributed by atoms with E-state index in [1.807, 2.05) is 6.07 Å². The maximum Gasteiger partial charge on any atom is 0.0829 e. The van der Waals surface area contributed by atoms with E-state index in [2.05, 4.69) is 40.2 Å². The van der Waals surface area contributed by atoms with E-state index in [0.717, 1.165) is 11.8 Å². The summed E-state index contributed by atoms with van der Waals surface area (Å²) in [6.45, 7) is 0. The summed E-state index contributed by atoms with van der Waals surface area (Å²) in [5.74, 6) is 0. The average Bonchev–Trinajstić information content (AvgIpc) is 2.30. The highest BCUT2D eigenvalue weighted by Gasteiger charge is 2.22. The Balaban J connectivity index is 2.04. The fourth-order valence-electron chi connectivity index (χ4n) is 1.93. The molecule has 1 nitrogen and oxygen atoms in total. The highest BCUT2D eigenvalue weighted by molar-refractivity contribution is 9.09. The molecular formula is C12H15BrO. The summed E-state index contributed by atoms with van der Waals surface area (Å²) in [5.41, 5.74) is 1.32. The molecule has 1 aromatic rings. The zero-order valence-electron chi connectivity index (χ0n) is 8.16. The molecule has 14 heavy (non-hydrogen) atoms. The Bertz CT molecular complexity index is 273. The SMILES string of the molecule is BrC[C@@H]1CCC[C@H](c2ccccc2)O1. The molecule has 76 valence electrons. The topological polar surface area (TPSA) is 9.23 Å². The third-order valence-electron chi connectivity index (χ3n) is 2.69. The van der Waals surface area contributed by atoms with Crippen LogP contribution in [0.15, 0.2) is 30.3 Å². The van der Waals surface area contributed by atoms with Gasteiger partial charge in [-0.1, -0.05) is 46.3 Å². The number of ether oxygens (including phenoxy) is 1. The molecule has 0 radical (unpaired) electrons. The third kappa shape index (κ3) is 2.37. The predicted molar refractivity (Wildman–Crippen MR) is 61.7 cm³/mol. The van der Waals surface area contributed by atoms with Crippen LogP contribution in [0, 0.1) is 0 Å². The summed E-state index contributed by atoms with van der Waals surface area (Å²) >= 11 is 3.49. The Labute approximate surface area is 93.6 Å². The number of hydrogen-bond acceptors (Lipinski definition) is 1. The van der Waals surface area contributed by atoms with Gasteiger partial charge in [0, 0.05) is 5.33 Å². The zero-order chi connectivity index (χ0) is 9.80. The van der Waals surface area contributed by atoms with Crippen molar-refractivity contribution in [3.63, 3.8) is 0 Å². The fraction of sp³-hybridized carbons (Fsp3) is 0.500. The van der Waals surface area contributed by atoms with Crippen molar-refractivity contribution in [2.24, 2.45) is 0 Å². The van der Waals surface area contributed by atoms with Gasteiger partial charge in [-0.05, 0) is 24.8 Å². The van der Waals surface area contributed by atoms with Crippen molar-refractivity contribution in [3.05, 3.63) is 35.9 Å². The molecule has 0 unspecified atom stereocenters. The van der Waals surface area contributed by atoms with Crippen LogP contribution in [0.1, 0.15) is 30.9 Å². The molecule has 1 heterocycles. The van der Waals surface area contributed by atoms with Crippen LogP contribution in [0.3, 0.4) is 0 Å². The van der Waals surface area contributed by atoms with E-state index in [-0.39, 0.29) is 0 Å². The van der Waals surface area contributed by atoms with Gasteiger partial charge < -0.3 is 4.74 Å². The van der Waals surface area contributed by atoms with Crippen LogP contribution in [0.2, 0.25) is 0 Å². The van der Waals surface area contributed by atoms with Crippen LogP contribution in [0.4, 0.5) is 0 Å². The van der Waals surface area contributed by atoms with E-state index >= 15 is 0 Å². The first-order valence-electron chi connectivity index (χ1n) is 5.16. The normalized spacial score (nSPS) is 27.5. The quantitative estimate of drug-likeness (QED) is 0.732. The molecule has 0 amide bonds. The highest BCUT2D eigenvalue weighted by Crippen LogP contribution is 2.31. The van der Waals surface area contributed by atoms with E-state index in [4.69, 9.17) is 4.74 Å². The van der Waals surface area contributed by atoms with E-state index in [0.29, 0.717) is 12.2 Å². The lowest BCUT2D eigenvalue weighted by atomic mass is 9.99. The van der Waals surface area contributed by atoms with Crippen LogP contribution in [-0.2, 0) is 4.74 Å². The lowest BCUT2D eigenvalue weighted by Gasteiger charge is -2.29. The molecule has 2 heteroatoms. The minimum Gasteiger partial charge on any atom is -0.369 e. The molecule has 2 rings (SSSR count). The standard InChI is InChI=1S/C12H15BrO/c13-9-11-7-4-8-12(14-11)10-5-2-1-3-6-10/h1-3,5-6,11-12H,4,7-9H2/t11-,12+/m0/s1. The van der Waals surface area contributed by atoms with E-state index in [9.17, 15) is 0 Å². The molecule has 1 aliphatic heterocycles. The molecule has 0 N–H and O–H groups in total. The predicted octanol–water partition coefficient (Wildman–Crippen LogP) is 3.69. The van der Waals surface area contributed by atoms with Crippen LogP contribution in [0.5, 0.6) is 0 Å². The Hall–Kier alpha value is -0.340. The summed E-state index contributed by atoms with van der Waals surface area (Å²) in [6.07, 6.45) is 4.33. The molecular weight excluding hydrogens is 240 g/mol. The smallest absolute Gasteiger partial charge is 0.0829 e. The molecule has 1 fully saturated rings. The summed E-state index contributed by atoms with van der Waals surface area (Å²) in [5, 5.41) is 0.955. The zero-order valence-corrected chi connectivity index (χ0v) is 9.74. The summed E-state index contributed by atoms with van der Waals surface area (Å²) < 4.78 is 5.97. The molecule has 0 bridgehead atoms. The highest BCUT2D eigenvalue weighted by atomic mass is 79.9. The van der Waals surface area contributed by atoms with Gasteiger partial charge in [-0.2, -0.15) is 0 Å². The Morgan fingerprint density at radius 1 is 1.21 bits per heavy atom. The van der Waals surface area contributed by atoms with Crippen molar-refractivity contribution >= 4 is 15.9 Å². The molecule has 1 aliphatic rings. The first-order valence-corrected chi connectivity index (χ1v) is 6.28. The maximum absolute atomic E-state index is 5.97. The van der Waals surface area contributed by atoms with E-state index in [1.54, 1.807) is 0 Å². The fourth-order valence-corrected chi connectivity index (χ4v) is 2.40. The van der Waals surface area contributed by atoms with Gasteiger partial charge in [-0.3, -0.25) is 0 Å². The van der Waals surface area contributed by atoms with Gasteiger partial charge in [-0.25, -0.2) is 0 Å². The lowest BCUT2D eigenvalue weighted by Crippen LogP contribution is -2.23. The number of halogens is 1. The molecule has 1 aromatic carbocycles. The van der Waals surface area contributed by atoms with Crippen LogP contribution >= 0.6 is 15.9 Å². The van der Waals surface area contributed by atoms with E-state index < -0.39 is 0 Å². The van der Waals surface area contributed by atoms with Crippen molar-refractivity contribution in [2.75, 3.05) is 5.33 Å². The summed E-state index contributed by atoms with van der Waals surface area (Å²) in [4.78, 5) is 0.